The minimum absolute atomic E-state index is 0.122. The van der Waals surface area contributed by atoms with Crippen molar-refractivity contribution in [1.29, 1.82) is 0 Å². The van der Waals surface area contributed by atoms with Crippen LogP contribution in [0.4, 0.5) is 11.4 Å². The molecule has 12 nitrogen and oxygen atoms in total. The molecule has 3 aliphatic rings. The van der Waals surface area contributed by atoms with Gasteiger partial charge in [0.25, 0.3) is 5.69 Å². The van der Waals surface area contributed by atoms with Crippen LogP contribution in [0.3, 0.4) is 0 Å². The molecule has 200 valence electrons. The Morgan fingerprint density at radius 3 is 2.00 bits per heavy atom. The second-order valence-electron chi connectivity index (χ2n) is 9.52. The minimum Gasteiger partial charge on any atom is -0.480 e. The summed E-state index contributed by atoms with van der Waals surface area (Å²) in [7, 11) is 0. The predicted octanol–water partition coefficient (Wildman–Crippen LogP) is 4.79. The van der Waals surface area contributed by atoms with E-state index in [1.807, 2.05) is 0 Å². The predicted molar refractivity (Wildman–Crippen MR) is 135 cm³/mol. The Hall–Kier alpha value is -4.87. The van der Waals surface area contributed by atoms with Gasteiger partial charge in [0.2, 0.25) is 5.75 Å². The summed E-state index contributed by atoms with van der Waals surface area (Å²) in [5.41, 5.74) is 1.81. The summed E-state index contributed by atoms with van der Waals surface area (Å²) < 4.78 is 5.67. The highest BCUT2D eigenvalue weighted by Gasteiger charge is 2.43. The summed E-state index contributed by atoms with van der Waals surface area (Å²) in [4.78, 5) is 60.7. The maximum Gasteiger partial charge on any atom is 0.323 e. The number of hydrogen-bond donors (Lipinski definition) is 1. The molecule has 12 heteroatoms. The Bertz CT molecular complexity index is 1450. The van der Waals surface area contributed by atoms with Gasteiger partial charge in [0.15, 0.2) is 11.6 Å². The highest BCUT2D eigenvalue weighted by molar-refractivity contribution is 6.06. The van der Waals surface area contributed by atoms with Crippen LogP contribution in [-0.2, 0) is 14.4 Å². The molecule has 0 saturated carbocycles. The van der Waals surface area contributed by atoms with Crippen LogP contribution in [0.1, 0.15) is 50.0 Å². The van der Waals surface area contributed by atoms with E-state index in [4.69, 9.17) is 4.74 Å². The summed E-state index contributed by atoms with van der Waals surface area (Å²) in [5, 5.41) is 32.0. The molecule has 1 N–H and O–H groups in total. The summed E-state index contributed by atoms with van der Waals surface area (Å²) in [6.07, 6.45) is 2.85. The van der Waals surface area contributed by atoms with Gasteiger partial charge in [-0.2, -0.15) is 0 Å². The zero-order chi connectivity index (χ0) is 27.8. The quantitative estimate of drug-likeness (QED) is 0.385. The molecule has 2 aromatic rings. The number of ketones is 2. The lowest BCUT2D eigenvalue weighted by atomic mass is 9.71. The molecule has 0 radical (unpaired) electrons. The first kappa shape index (κ1) is 25.8. The van der Waals surface area contributed by atoms with Gasteiger partial charge < -0.3 is 14.7 Å². The topological polar surface area (TPSA) is 170 Å². The van der Waals surface area contributed by atoms with Gasteiger partial charge in [-0.25, -0.2) is 0 Å². The first-order valence-electron chi connectivity index (χ1n) is 12.4. The lowest BCUT2D eigenvalue weighted by molar-refractivity contribution is -0.394. The van der Waals surface area contributed by atoms with Gasteiger partial charge in [0, 0.05) is 47.4 Å². The average molecular weight is 533 g/mol. The van der Waals surface area contributed by atoms with Crippen LogP contribution in [0.5, 0.6) is 11.5 Å². The van der Waals surface area contributed by atoms with Crippen LogP contribution in [-0.4, -0.2) is 43.9 Å². The molecule has 0 fully saturated rings. The van der Waals surface area contributed by atoms with E-state index in [0.29, 0.717) is 66.6 Å². The van der Waals surface area contributed by atoms with Crippen molar-refractivity contribution in [2.45, 2.75) is 44.4 Å². The van der Waals surface area contributed by atoms with Gasteiger partial charge in [-0.3, -0.25) is 34.6 Å². The van der Waals surface area contributed by atoms with E-state index in [1.54, 1.807) is 29.2 Å². The highest BCUT2D eigenvalue weighted by Crippen LogP contribution is 2.49. The molecule has 2 aliphatic carbocycles. The monoisotopic (exact) mass is 533 g/mol. The molecule has 5 rings (SSSR count). The first-order valence-corrected chi connectivity index (χ1v) is 12.4. The number of ether oxygens (including phenoxy) is 1. The number of carboxylic acids is 1. The number of carbonyl (C=O) groups is 3. The Morgan fingerprint density at radius 2 is 1.49 bits per heavy atom. The molecular weight excluding hydrogens is 510 g/mol. The van der Waals surface area contributed by atoms with Crippen LogP contribution in [0.2, 0.25) is 0 Å². The van der Waals surface area contributed by atoms with Crippen molar-refractivity contribution in [3.63, 3.8) is 0 Å². The number of hydrogen-bond acceptors (Lipinski definition) is 9. The molecule has 0 bridgehead atoms. The van der Waals surface area contributed by atoms with Crippen molar-refractivity contribution < 1.29 is 34.1 Å². The van der Waals surface area contributed by atoms with Gasteiger partial charge in [0.05, 0.1) is 15.9 Å². The van der Waals surface area contributed by atoms with E-state index >= 15 is 0 Å². The number of carboxylic acid groups (broad SMARTS) is 1. The second kappa shape index (κ2) is 10.1. The number of Topliss-reactive ketones (excluding diaryl/α,β-unsaturated/α-hetero) is 2. The maximum absolute atomic E-state index is 13.2. The number of non-ortho nitro benzene ring substituents is 1. The Labute approximate surface area is 221 Å². The van der Waals surface area contributed by atoms with Crippen LogP contribution in [0, 0.1) is 20.2 Å². The molecular formula is C27H23N3O9. The first-order chi connectivity index (χ1) is 18.7. The van der Waals surface area contributed by atoms with Crippen molar-refractivity contribution in [1.82, 2.24) is 4.90 Å². The van der Waals surface area contributed by atoms with Crippen molar-refractivity contribution in [2.75, 3.05) is 6.54 Å². The molecule has 0 aromatic heterocycles. The van der Waals surface area contributed by atoms with Crippen LogP contribution in [0.25, 0.3) is 0 Å². The lowest BCUT2D eigenvalue weighted by Gasteiger charge is -2.43. The van der Waals surface area contributed by atoms with E-state index in [-0.39, 0.29) is 29.6 Å². The van der Waals surface area contributed by atoms with Crippen molar-refractivity contribution >= 4 is 28.9 Å². The van der Waals surface area contributed by atoms with Crippen LogP contribution in [0.15, 0.2) is 65.0 Å². The Balaban J connectivity index is 1.54. The summed E-state index contributed by atoms with van der Waals surface area (Å²) in [5.74, 6) is -1.91. The van der Waals surface area contributed by atoms with E-state index < -0.39 is 33.1 Å². The third-order valence-electron chi connectivity index (χ3n) is 7.17. The molecule has 0 unspecified atom stereocenters. The number of aliphatic carboxylic acids is 1. The zero-order valence-corrected chi connectivity index (χ0v) is 20.6. The fourth-order valence-corrected chi connectivity index (χ4v) is 5.58. The number of allylic oxidation sites excluding steroid dienone is 4. The number of carbonyl (C=O) groups excluding carboxylic acids is 2. The number of nitrogens with zero attached hydrogens (tertiary/aromatic N) is 3. The average Bonchev–Trinajstić information content (AvgIpc) is 2.90. The fraction of sp³-hybridized carbons (Fsp3) is 0.296. The second-order valence-corrected chi connectivity index (χ2v) is 9.52. The van der Waals surface area contributed by atoms with Gasteiger partial charge in [-0.05, 0) is 49.4 Å². The van der Waals surface area contributed by atoms with Gasteiger partial charge in [0.1, 0.15) is 12.3 Å². The van der Waals surface area contributed by atoms with Crippen LogP contribution >= 0.6 is 0 Å². The molecule has 0 spiro atoms. The third kappa shape index (κ3) is 4.76. The number of rotatable bonds is 7. The SMILES string of the molecule is O=C(O)CN1C2=C(C(=O)CCC2)C(c2ccc(Oc3ccc([N+](=O)[O-])cc3[N+](=O)[O-])cc2)C2=C1CCCC2=O. The highest BCUT2D eigenvalue weighted by atomic mass is 16.6. The van der Waals surface area contributed by atoms with E-state index in [2.05, 4.69) is 0 Å². The third-order valence-corrected chi connectivity index (χ3v) is 7.17. The summed E-state index contributed by atoms with van der Waals surface area (Å²) in [6.45, 7) is -0.328. The van der Waals surface area contributed by atoms with Crippen LogP contribution < -0.4 is 4.74 Å². The van der Waals surface area contributed by atoms with E-state index in [9.17, 15) is 39.7 Å². The number of nitro benzene ring substituents is 2. The Kier molecular flexibility index (Phi) is 6.69. The van der Waals surface area contributed by atoms with Gasteiger partial charge in [-0.1, -0.05) is 12.1 Å². The zero-order valence-electron chi connectivity index (χ0n) is 20.6. The van der Waals surface area contributed by atoms with Crippen molar-refractivity contribution in [3.8, 4) is 11.5 Å². The normalized spacial score (nSPS) is 17.6. The maximum atomic E-state index is 13.2. The largest absolute Gasteiger partial charge is 0.480 e. The summed E-state index contributed by atoms with van der Waals surface area (Å²) >= 11 is 0. The van der Waals surface area contributed by atoms with Gasteiger partial charge in [-0.15, -0.1) is 0 Å². The number of benzene rings is 2. The molecule has 0 atom stereocenters. The molecule has 1 aliphatic heterocycles. The van der Waals surface area contributed by atoms with E-state index in [0.717, 1.165) is 18.2 Å². The van der Waals surface area contributed by atoms with Crippen molar-refractivity contribution in [3.05, 3.63) is 90.8 Å². The fourth-order valence-electron chi connectivity index (χ4n) is 5.58. The molecule has 0 amide bonds. The smallest absolute Gasteiger partial charge is 0.323 e. The lowest BCUT2D eigenvalue weighted by Crippen LogP contribution is -2.41. The molecule has 1 heterocycles. The van der Waals surface area contributed by atoms with Crippen molar-refractivity contribution in [2.24, 2.45) is 0 Å². The molecule has 0 saturated heterocycles. The Morgan fingerprint density at radius 1 is 0.897 bits per heavy atom. The van der Waals surface area contributed by atoms with Gasteiger partial charge >= 0.3 is 11.7 Å². The number of nitro groups is 2. The molecule has 2 aromatic carbocycles. The summed E-state index contributed by atoms with van der Waals surface area (Å²) in [6, 6.07) is 9.51. The minimum atomic E-state index is -1.05. The van der Waals surface area contributed by atoms with E-state index in [1.165, 1.54) is 0 Å². The standard InChI is InChI=1S/C27H23N3O9/c31-21-5-1-3-18-26(21)25(27-19(4-2-6-22(27)32)28(18)14-24(33)34)15-7-10-17(11-8-15)39-23-12-9-16(29(35)36)13-20(23)30(37)38/h7-13,25H,1-6,14H2,(H,33,34). The molecule has 39 heavy (non-hydrogen) atoms.